The van der Waals surface area contributed by atoms with Gasteiger partial charge >= 0.3 is 0 Å². The largest absolute Gasteiger partial charge is 0.484 e. The van der Waals surface area contributed by atoms with Crippen molar-refractivity contribution in [3.63, 3.8) is 0 Å². The Bertz CT molecular complexity index is 562. The van der Waals surface area contributed by atoms with Crippen molar-refractivity contribution in [2.24, 2.45) is 0 Å². The van der Waals surface area contributed by atoms with Crippen LogP contribution in [0.2, 0.25) is 5.02 Å². The minimum absolute atomic E-state index is 0.0997. The molecule has 0 bridgehead atoms. The SMILES string of the molecule is CCCNCC(Oc1ccc(Cl)c(F)c1)c1ccccc1. The van der Waals surface area contributed by atoms with Gasteiger partial charge in [-0.05, 0) is 30.7 Å². The van der Waals surface area contributed by atoms with Gasteiger partial charge in [0.05, 0.1) is 5.02 Å². The van der Waals surface area contributed by atoms with Crippen molar-refractivity contribution in [3.8, 4) is 5.75 Å². The van der Waals surface area contributed by atoms with Crippen molar-refractivity contribution < 1.29 is 9.13 Å². The third-order valence-corrected chi connectivity index (χ3v) is 3.40. The molecule has 21 heavy (non-hydrogen) atoms. The molecule has 2 aromatic rings. The predicted molar refractivity (Wildman–Crippen MR) is 84.4 cm³/mol. The highest BCUT2D eigenvalue weighted by molar-refractivity contribution is 6.30. The molecule has 0 amide bonds. The minimum atomic E-state index is -0.470. The van der Waals surface area contributed by atoms with E-state index in [1.54, 1.807) is 6.07 Å². The summed E-state index contributed by atoms with van der Waals surface area (Å²) < 4.78 is 19.4. The maximum atomic E-state index is 13.5. The van der Waals surface area contributed by atoms with E-state index in [1.165, 1.54) is 12.1 Å². The first-order valence-electron chi connectivity index (χ1n) is 7.08. The number of hydrogen-bond acceptors (Lipinski definition) is 2. The van der Waals surface area contributed by atoms with E-state index in [4.69, 9.17) is 16.3 Å². The van der Waals surface area contributed by atoms with Crippen LogP contribution in [0.4, 0.5) is 4.39 Å². The average molecular weight is 308 g/mol. The Morgan fingerprint density at radius 2 is 1.95 bits per heavy atom. The molecule has 0 aliphatic heterocycles. The van der Waals surface area contributed by atoms with E-state index in [2.05, 4.69) is 12.2 Å². The van der Waals surface area contributed by atoms with Gasteiger partial charge in [-0.25, -0.2) is 4.39 Å². The minimum Gasteiger partial charge on any atom is -0.484 e. The van der Waals surface area contributed by atoms with Crippen molar-refractivity contribution in [1.29, 1.82) is 0 Å². The second-order valence-corrected chi connectivity index (χ2v) is 5.20. The van der Waals surface area contributed by atoms with Crippen molar-refractivity contribution in [2.75, 3.05) is 13.1 Å². The van der Waals surface area contributed by atoms with E-state index >= 15 is 0 Å². The average Bonchev–Trinajstić information content (AvgIpc) is 2.51. The molecule has 4 heteroatoms. The summed E-state index contributed by atoms with van der Waals surface area (Å²) in [4.78, 5) is 0. The third-order valence-electron chi connectivity index (χ3n) is 3.10. The predicted octanol–water partition coefficient (Wildman–Crippen LogP) is 4.60. The van der Waals surface area contributed by atoms with Crippen LogP contribution in [0.1, 0.15) is 25.0 Å². The van der Waals surface area contributed by atoms with E-state index in [1.807, 2.05) is 30.3 Å². The molecule has 1 atom stereocenters. The van der Waals surface area contributed by atoms with Crippen molar-refractivity contribution in [3.05, 3.63) is 64.9 Å². The van der Waals surface area contributed by atoms with Gasteiger partial charge in [-0.2, -0.15) is 0 Å². The van der Waals surface area contributed by atoms with Gasteiger partial charge in [-0.1, -0.05) is 48.9 Å². The molecule has 1 N–H and O–H groups in total. The summed E-state index contributed by atoms with van der Waals surface area (Å²) in [5.74, 6) is 0.00606. The van der Waals surface area contributed by atoms with Crippen molar-refractivity contribution in [2.45, 2.75) is 19.4 Å². The molecule has 0 saturated heterocycles. The number of benzene rings is 2. The molecule has 0 saturated carbocycles. The molecule has 2 rings (SSSR count). The lowest BCUT2D eigenvalue weighted by atomic mass is 10.1. The van der Waals surface area contributed by atoms with E-state index in [0.29, 0.717) is 12.3 Å². The first-order valence-corrected chi connectivity index (χ1v) is 7.46. The van der Waals surface area contributed by atoms with Gasteiger partial charge in [-0.3, -0.25) is 0 Å². The summed E-state index contributed by atoms with van der Waals surface area (Å²) in [6, 6.07) is 14.4. The Hall–Kier alpha value is -1.58. The number of halogens is 2. The highest BCUT2D eigenvalue weighted by Crippen LogP contribution is 2.25. The Labute approximate surface area is 129 Å². The van der Waals surface area contributed by atoms with Crippen LogP contribution in [0, 0.1) is 5.82 Å². The first-order chi connectivity index (χ1) is 10.2. The Morgan fingerprint density at radius 3 is 2.62 bits per heavy atom. The van der Waals surface area contributed by atoms with Crippen LogP contribution >= 0.6 is 11.6 Å². The summed E-state index contributed by atoms with van der Waals surface area (Å²) in [5.41, 5.74) is 1.05. The molecule has 0 spiro atoms. The van der Waals surface area contributed by atoms with Crippen LogP contribution in [0.5, 0.6) is 5.75 Å². The molecule has 2 aromatic carbocycles. The van der Waals surface area contributed by atoms with Gasteiger partial charge in [0.15, 0.2) is 0 Å². The number of hydrogen-bond donors (Lipinski definition) is 1. The fourth-order valence-corrected chi connectivity index (χ4v) is 2.14. The molecule has 0 aliphatic carbocycles. The Morgan fingerprint density at radius 1 is 1.19 bits per heavy atom. The van der Waals surface area contributed by atoms with Gasteiger partial charge in [0.2, 0.25) is 0 Å². The molecule has 0 heterocycles. The molecule has 2 nitrogen and oxygen atoms in total. The van der Waals surface area contributed by atoms with E-state index < -0.39 is 5.82 Å². The summed E-state index contributed by atoms with van der Waals surface area (Å²) in [5, 5.41) is 3.43. The molecule has 0 aromatic heterocycles. The lowest BCUT2D eigenvalue weighted by Gasteiger charge is -2.20. The highest BCUT2D eigenvalue weighted by Gasteiger charge is 2.13. The summed E-state index contributed by atoms with van der Waals surface area (Å²) in [7, 11) is 0. The number of rotatable bonds is 7. The van der Waals surface area contributed by atoms with Gasteiger partial charge < -0.3 is 10.1 Å². The van der Waals surface area contributed by atoms with Crippen LogP contribution in [-0.4, -0.2) is 13.1 Å². The number of nitrogens with one attached hydrogen (secondary N) is 1. The second-order valence-electron chi connectivity index (χ2n) is 4.80. The molecule has 0 aliphatic rings. The topological polar surface area (TPSA) is 21.3 Å². The Balaban J connectivity index is 2.13. The van der Waals surface area contributed by atoms with Gasteiger partial charge in [0, 0.05) is 12.6 Å². The van der Waals surface area contributed by atoms with E-state index in [-0.39, 0.29) is 11.1 Å². The van der Waals surface area contributed by atoms with E-state index in [9.17, 15) is 4.39 Å². The first kappa shape index (κ1) is 15.8. The molecule has 0 fully saturated rings. The molecular formula is C17H19ClFNO. The van der Waals surface area contributed by atoms with Crippen molar-refractivity contribution >= 4 is 11.6 Å². The molecule has 1 unspecified atom stereocenters. The van der Waals surface area contributed by atoms with Gasteiger partial charge in [0.25, 0.3) is 0 Å². The van der Waals surface area contributed by atoms with Crippen molar-refractivity contribution in [1.82, 2.24) is 5.32 Å². The van der Waals surface area contributed by atoms with Gasteiger partial charge in [-0.15, -0.1) is 0 Å². The zero-order valence-corrected chi connectivity index (χ0v) is 12.7. The summed E-state index contributed by atoms with van der Waals surface area (Å²) in [6.07, 6.45) is 0.884. The smallest absolute Gasteiger partial charge is 0.145 e. The van der Waals surface area contributed by atoms with Crippen LogP contribution in [0.25, 0.3) is 0 Å². The summed E-state index contributed by atoms with van der Waals surface area (Å²) in [6.45, 7) is 3.70. The van der Waals surface area contributed by atoms with Crippen LogP contribution in [0.15, 0.2) is 48.5 Å². The zero-order chi connectivity index (χ0) is 15.1. The van der Waals surface area contributed by atoms with Crippen LogP contribution < -0.4 is 10.1 Å². The maximum Gasteiger partial charge on any atom is 0.145 e. The second kappa shape index (κ2) is 8.01. The standard InChI is InChI=1S/C17H19ClFNO/c1-2-10-20-12-17(13-6-4-3-5-7-13)21-14-8-9-15(18)16(19)11-14/h3-9,11,17,20H,2,10,12H2,1H3. The fourth-order valence-electron chi connectivity index (χ4n) is 2.02. The van der Waals surface area contributed by atoms with Crippen LogP contribution in [-0.2, 0) is 0 Å². The highest BCUT2D eigenvalue weighted by atomic mass is 35.5. The molecule has 112 valence electrons. The van der Waals surface area contributed by atoms with E-state index in [0.717, 1.165) is 18.5 Å². The monoisotopic (exact) mass is 307 g/mol. The maximum absolute atomic E-state index is 13.5. The number of ether oxygens (including phenoxy) is 1. The fraction of sp³-hybridized carbons (Fsp3) is 0.294. The third kappa shape index (κ3) is 4.73. The zero-order valence-electron chi connectivity index (χ0n) is 12.0. The molecular weight excluding hydrogens is 289 g/mol. The lowest BCUT2D eigenvalue weighted by Crippen LogP contribution is -2.25. The lowest BCUT2D eigenvalue weighted by molar-refractivity contribution is 0.201. The van der Waals surface area contributed by atoms with Gasteiger partial charge in [0.1, 0.15) is 17.7 Å². The normalized spacial score (nSPS) is 12.1. The quantitative estimate of drug-likeness (QED) is 0.755. The summed E-state index contributed by atoms with van der Waals surface area (Å²) >= 11 is 5.69. The molecule has 0 radical (unpaired) electrons. The van der Waals surface area contributed by atoms with Crippen LogP contribution in [0.3, 0.4) is 0 Å². The Kier molecular flexibility index (Phi) is 6.03.